The van der Waals surface area contributed by atoms with E-state index in [1.165, 1.54) is 5.71 Å². The molecule has 0 aliphatic carbocycles. The Bertz CT molecular complexity index is 147. The smallest absolute Gasteiger partial charge is 0.0487 e. The predicted octanol–water partition coefficient (Wildman–Crippen LogP) is 1.86. The van der Waals surface area contributed by atoms with Crippen LogP contribution in [-0.2, 0) is 0 Å². The van der Waals surface area contributed by atoms with Crippen LogP contribution < -0.4 is 0 Å². The van der Waals surface area contributed by atoms with Crippen molar-refractivity contribution < 1.29 is 0 Å². The van der Waals surface area contributed by atoms with E-state index in [0.29, 0.717) is 5.92 Å². The molecule has 1 aliphatic rings. The highest BCUT2D eigenvalue weighted by Gasteiger charge is 2.13. The maximum atomic E-state index is 3.99. The van der Waals surface area contributed by atoms with E-state index in [4.69, 9.17) is 0 Å². The van der Waals surface area contributed by atoms with Crippen molar-refractivity contribution in [2.45, 2.75) is 26.7 Å². The summed E-state index contributed by atoms with van der Waals surface area (Å²) in [5.41, 5.74) is 1.23. The third kappa shape index (κ3) is 1.18. The first-order valence-electron chi connectivity index (χ1n) is 3.48. The molecule has 0 aromatic rings. The lowest BCUT2D eigenvalue weighted by atomic mass is 10.0. The molecule has 0 aromatic heterocycles. The van der Waals surface area contributed by atoms with E-state index >= 15 is 0 Å². The average Bonchev–Trinajstić information content (AvgIpc) is 2.33. The first kappa shape index (κ1) is 6.46. The predicted molar refractivity (Wildman–Crippen MR) is 40.0 cm³/mol. The molecule has 2 nitrogen and oxygen atoms in total. The van der Waals surface area contributed by atoms with Crippen LogP contribution in [0.15, 0.2) is 10.2 Å². The Hall–Kier alpha value is -0.660. The summed E-state index contributed by atoms with van der Waals surface area (Å²) in [5.74, 6) is 0.537. The van der Waals surface area contributed by atoms with Gasteiger partial charge in [-0.05, 0) is 12.8 Å². The third-order valence-electron chi connectivity index (χ3n) is 1.66. The standard InChI is InChI=1S/C7H12N2/c1-3-6-5-8-9-7(6)4-2/h5-6H,3-4H2,1-2H3. The Kier molecular flexibility index (Phi) is 1.98. The van der Waals surface area contributed by atoms with Crippen molar-refractivity contribution in [1.29, 1.82) is 0 Å². The van der Waals surface area contributed by atoms with Gasteiger partial charge in [-0.2, -0.15) is 10.2 Å². The van der Waals surface area contributed by atoms with E-state index in [-0.39, 0.29) is 0 Å². The number of nitrogens with zero attached hydrogens (tertiary/aromatic N) is 2. The van der Waals surface area contributed by atoms with Crippen LogP contribution in [0.4, 0.5) is 0 Å². The van der Waals surface area contributed by atoms with Crippen molar-refractivity contribution in [3.05, 3.63) is 0 Å². The van der Waals surface area contributed by atoms with Crippen LogP contribution >= 0.6 is 0 Å². The highest BCUT2D eigenvalue weighted by atomic mass is 15.2. The minimum atomic E-state index is 0.537. The van der Waals surface area contributed by atoms with E-state index in [1.807, 2.05) is 6.21 Å². The molecule has 50 valence electrons. The van der Waals surface area contributed by atoms with Crippen LogP contribution in [0.1, 0.15) is 26.7 Å². The van der Waals surface area contributed by atoms with Gasteiger partial charge >= 0.3 is 0 Å². The highest BCUT2D eigenvalue weighted by Crippen LogP contribution is 2.10. The van der Waals surface area contributed by atoms with Gasteiger partial charge in [-0.25, -0.2) is 0 Å². The molecule has 1 unspecified atom stereocenters. The van der Waals surface area contributed by atoms with Crippen LogP contribution in [0.2, 0.25) is 0 Å². The fourth-order valence-corrected chi connectivity index (χ4v) is 1.02. The lowest BCUT2D eigenvalue weighted by molar-refractivity contribution is 0.867. The minimum Gasteiger partial charge on any atom is -0.163 e. The highest BCUT2D eigenvalue weighted by molar-refractivity contribution is 6.01. The molecule has 0 N–H and O–H groups in total. The zero-order valence-corrected chi connectivity index (χ0v) is 5.96. The molecule has 9 heavy (non-hydrogen) atoms. The normalized spacial score (nSPS) is 24.7. The molecule has 0 spiro atoms. The van der Waals surface area contributed by atoms with Gasteiger partial charge in [0.05, 0.1) is 0 Å². The minimum absolute atomic E-state index is 0.537. The quantitative estimate of drug-likeness (QED) is 0.537. The topological polar surface area (TPSA) is 24.7 Å². The molecular formula is C7H12N2. The molecule has 1 aliphatic heterocycles. The van der Waals surface area contributed by atoms with E-state index in [2.05, 4.69) is 24.1 Å². The van der Waals surface area contributed by atoms with Gasteiger partial charge in [0.15, 0.2) is 0 Å². The van der Waals surface area contributed by atoms with Crippen LogP contribution in [0.25, 0.3) is 0 Å². The second kappa shape index (κ2) is 2.76. The van der Waals surface area contributed by atoms with Gasteiger partial charge in [0.25, 0.3) is 0 Å². The summed E-state index contributed by atoms with van der Waals surface area (Å²) >= 11 is 0. The van der Waals surface area contributed by atoms with Gasteiger partial charge in [-0.1, -0.05) is 13.8 Å². The largest absolute Gasteiger partial charge is 0.163 e. The molecule has 0 amide bonds. The van der Waals surface area contributed by atoms with Crippen molar-refractivity contribution in [3.8, 4) is 0 Å². The fraction of sp³-hybridized carbons (Fsp3) is 0.714. The molecule has 0 fully saturated rings. The Morgan fingerprint density at radius 2 is 2.33 bits per heavy atom. The van der Waals surface area contributed by atoms with Crippen LogP contribution in [-0.4, -0.2) is 11.9 Å². The van der Waals surface area contributed by atoms with Crippen molar-refractivity contribution >= 4 is 11.9 Å². The van der Waals surface area contributed by atoms with E-state index in [0.717, 1.165) is 12.8 Å². The Balaban J connectivity index is 2.55. The monoisotopic (exact) mass is 124 g/mol. The maximum absolute atomic E-state index is 3.99. The molecule has 1 heterocycles. The SMILES string of the molecule is CCC1=NN=CC1CC. The van der Waals surface area contributed by atoms with Crippen LogP contribution in [0, 0.1) is 5.92 Å². The van der Waals surface area contributed by atoms with Gasteiger partial charge in [0, 0.05) is 17.8 Å². The summed E-state index contributed by atoms with van der Waals surface area (Å²) in [7, 11) is 0. The van der Waals surface area contributed by atoms with Gasteiger partial charge in [0.2, 0.25) is 0 Å². The molecule has 0 bridgehead atoms. The van der Waals surface area contributed by atoms with Crippen molar-refractivity contribution in [2.24, 2.45) is 16.1 Å². The Labute approximate surface area is 55.7 Å². The first-order chi connectivity index (χ1) is 4.38. The Morgan fingerprint density at radius 3 is 2.78 bits per heavy atom. The van der Waals surface area contributed by atoms with Crippen molar-refractivity contribution in [3.63, 3.8) is 0 Å². The molecule has 0 saturated carbocycles. The van der Waals surface area contributed by atoms with Crippen LogP contribution in [0.5, 0.6) is 0 Å². The summed E-state index contributed by atoms with van der Waals surface area (Å²) in [6.45, 7) is 4.28. The second-order valence-electron chi connectivity index (χ2n) is 2.22. The van der Waals surface area contributed by atoms with Crippen molar-refractivity contribution in [2.75, 3.05) is 0 Å². The zero-order chi connectivity index (χ0) is 6.69. The fourth-order valence-electron chi connectivity index (χ4n) is 1.02. The number of hydrogen-bond acceptors (Lipinski definition) is 2. The number of hydrogen-bond donors (Lipinski definition) is 0. The maximum Gasteiger partial charge on any atom is 0.0487 e. The summed E-state index contributed by atoms with van der Waals surface area (Å²) in [4.78, 5) is 0. The van der Waals surface area contributed by atoms with Crippen LogP contribution in [0.3, 0.4) is 0 Å². The second-order valence-corrected chi connectivity index (χ2v) is 2.22. The van der Waals surface area contributed by atoms with Gasteiger partial charge in [-0.15, -0.1) is 0 Å². The summed E-state index contributed by atoms with van der Waals surface area (Å²) in [6, 6.07) is 0. The van der Waals surface area contributed by atoms with Gasteiger partial charge < -0.3 is 0 Å². The average molecular weight is 124 g/mol. The Morgan fingerprint density at radius 1 is 1.56 bits per heavy atom. The van der Waals surface area contributed by atoms with Gasteiger partial charge in [-0.3, -0.25) is 0 Å². The molecule has 1 rings (SSSR count). The molecule has 2 heteroatoms. The van der Waals surface area contributed by atoms with E-state index in [1.54, 1.807) is 0 Å². The molecular weight excluding hydrogens is 112 g/mol. The summed E-state index contributed by atoms with van der Waals surface area (Å²) in [6.07, 6.45) is 4.10. The molecule has 0 saturated heterocycles. The summed E-state index contributed by atoms with van der Waals surface area (Å²) < 4.78 is 0. The number of rotatable bonds is 2. The third-order valence-corrected chi connectivity index (χ3v) is 1.66. The lowest BCUT2D eigenvalue weighted by Crippen LogP contribution is -2.09. The molecule has 0 aromatic carbocycles. The first-order valence-corrected chi connectivity index (χ1v) is 3.48. The lowest BCUT2D eigenvalue weighted by Gasteiger charge is -2.02. The molecule has 0 radical (unpaired) electrons. The zero-order valence-electron chi connectivity index (χ0n) is 5.96. The summed E-state index contributed by atoms with van der Waals surface area (Å²) in [5, 5.41) is 7.84. The molecule has 1 atom stereocenters. The van der Waals surface area contributed by atoms with Crippen molar-refractivity contribution in [1.82, 2.24) is 0 Å². The van der Waals surface area contributed by atoms with E-state index in [9.17, 15) is 0 Å². The van der Waals surface area contributed by atoms with Gasteiger partial charge in [0.1, 0.15) is 0 Å². The van der Waals surface area contributed by atoms with E-state index < -0.39 is 0 Å².